The number of benzene rings is 1. The molecule has 1 unspecified atom stereocenters. The first-order valence-corrected chi connectivity index (χ1v) is 8.80. The van der Waals surface area contributed by atoms with E-state index in [1.54, 1.807) is 11.3 Å². The number of halogens is 2. The van der Waals surface area contributed by atoms with Crippen molar-refractivity contribution in [3.05, 3.63) is 56.2 Å². The van der Waals surface area contributed by atoms with Gasteiger partial charge in [-0.3, -0.25) is 4.90 Å². The van der Waals surface area contributed by atoms with Gasteiger partial charge in [-0.2, -0.15) is 11.3 Å². The molecule has 1 aliphatic carbocycles. The molecule has 3 rings (SSSR count). The van der Waals surface area contributed by atoms with E-state index in [2.05, 4.69) is 21.7 Å². The Morgan fingerprint density at radius 1 is 1.24 bits per heavy atom. The first-order valence-electron chi connectivity index (χ1n) is 7.11. The van der Waals surface area contributed by atoms with Gasteiger partial charge in [-0.1, -0.05) is 29.3 Å². The number of hydrogen-bond acceptors (Lipinski definition) is 3. The van der Waals surface area contributed by atoms with Crippen molar-refractivity contribution in [2.45, 2.75) is 31.5 Å². The van der Waals surface area contributed by atoms with Crippen LogP contribution in [0.15, 0.2) is 35.0 Å². The third-order valence-corrected chi connectivity index (χ3v) is 5.38. The van der Waals surface area contributed by atoms with Crippen LogP contribution in [0.25, 0.3) is 0 Å². The number of rotatable bonds is 6. The summed E-state index contributed by atoms with van der Waals surface area (Å²) in [6.45, 7) is 1.52. The lowest BCUT2D eigenvalue weighted by molar-refractivity contribution is 0.182. The summed E-state index contributed by atoms with van der Waals surface area (Å²) in [7, 11) is 0. The molecule has 0 saturated heterocycles. The van der Waals surface area contributed by atoms with Crippen LogP contribution in [0.5, 0.6) is 0 Å². The van der Waals surface area contributed by atoms with E-state index in [4.69, 9.17) is 28.9 Å². The molecule has 0 spiro atoms. The summed E-state index contributed by atoms with van der Waals surface area (Å²) in [6, 6.07) is 8.85. The maximum absolute atomic E-state index is 6.17. The standard InChI is InChI=1S/C16H18Cl2N2S/c17-14-4-1-12(7-15(14)18)16(8-19)20(13-2-3-13)9-11-5-6-21-10-11/h1,4-7,10,13,16H,2-3,8-9,19H2. The molecule has 112 valence electrons. The van der Waals surface area contributed by atoms with Gasteiger partial charge in [0, 0.05) is 25.2 Å². The van der Waals surface area contributed by atoms with Gasteiger partial charge in [0.2, 0.25) is 0 Å². The molecule has 2 aromatic rings. The van der Waals surface area contributed by atoms with Crippen LogP contribution in [0, 0.1) is 0 Å². The third kappa shape index (κ3) is 3.61. The zero-order valence-electron chi connectivity index (χ0n) is 11.6. The van der Waals surface area contributed by atoms with Crippen LogP contribution in [-0.2, 0) is 6.54 Å². The van der Waals surface area contributed by atoms with E-state index in [1.807, 2.05) is 18.2 Å². The van der Waals surface area contributed by atoms with E-state index < -0.39 is 0 Å². The van der Waals surface area contributed by atoms with E-state index in [-0.39, 0.29) is 6.04 Å². The molecular weight excluding hydrogens is 323 g/mol. The van der Waals surface area contributed by atoms with Crippen molar-refractivity contribution in [1.29, 1.82) is 0 Å². The molecule has 5 heteroatoms. The monoisotopic (exact) mass is 340 g/mol. The summed E-state index contributed by atoms with van der Waals surface area (Å²) in [5.74, 6) is 0. The van der Waals surface area contributed by atoms with Gasteiger partial charge in [0.25, 0.3) is 0 Å². The van der Waals surface area contributed by atoms with Crippen LogP contribution in [0.3, 0.4) is 0 Å². The van der Waals surface area contributed by atoms with Gasteiger partial charge in [0.15, 0.2) is 0 Å². The minimum absolute atomic E-state index is 0.187. The molecule has 1 heterocycles. The van der Waals surface area contributed by atoms with Crippen LogP contribution >= 0.6 is 34.5 Å². The normalized spacial score (nSPS) is 16.4. The highest BCUT2D eigenvalue weighted by atomic mass is 35.5. The quantitative estimate of drug-likeness (QED) is 0.824. The molecule has 0 amide bonds. The molecule has 2 N–H and O–H groups in total. The lowest BCUT2D eigenvalue weighted by Crippen LogP contribution is -2.35. The SMILES string of the molecule is NCC(c1ccc(Cl)c(Cl)c1)N(Cc1ccsc1)C1CC1. The molecule has 2 nitrogen and oxygen atoms in total. The maximum Gasteiger partial charge on any atom is 0.0595 e. The second-order valence-corrected chi connectivity index (χ2v) is 7.05. The summed E-state index contributed by atoms with van der Waals surface area (Å²) in [6.07, 6.45) is 2.50. The average molecular weight is 341 g/mol. The maximum atomic E-state index is 6.17. The van der Waals surface area contributed by atoms with Gasteiger partial charge < -0.3 is 5.73 Å². The molecular formula is C16H18Cl2N2S. The average Bonchev–Trinajstić information content (AvgIpc) is 3.20. The highest BCUT2D eigenvalue weighted by Gasteiger charge is 2.34. The van der Waals surface area contributed by atoms with E-state index in [1.165, 1.54) is 18.4 Å². The predicted octanol–water partition coefficient (Wildman–Crippen LogP) is 4.72. The first-order chi connectivity index (χ1) is 10.2. The van der Waals surface area contributed by atoms with Crippen LogP contribution in [0.4, 0.5) is 0 Å². The van der Waals surface area contributed by atoms with Crippen LogP contribution in [0.2, 0.25) is 10.0 Å². The van der Waals surface area contributed by atoms with Crippen molar-refractivity contribution in [2.24, 2.45) is 5.73 Å². The van der Waals surface area contributed by atoms with Gasteiger partial charge in [0.05, 0.1) is 10.0 Å². The Kier molecular flexibility index (Phi) is 4.87. The lowest BCUT2D eigenvalue weighted by atomic mass is 10.0. The fourth-order valence-corrected chi connectivity index (χ4v) is 3.64. The third-order valence-electron chi connectivity index (χ3n) is 3.91. The fraction of sp³-hybridized carbons (Fsp3) is 0.375. The number of hydrogen-bond donors (Lipinski definition) is 1. The molecule has 1 fully saturated rings. The molecule has 21 heavy (non-hydrogen) atoms. The van der Waals surface area contributed by atoms with E-state index in [0.717, 1.165) is 12.1 Å². The number of nitrogens with zero attached hydrogens (tertiary/aromatic N) is 1. The van der Waals surface area contributed by atoms with Crippen LogP contribution in [-0.4, -0.2) is 17.5 Å². The Hall–Kier alpha value is -0.580. The van der Waals surface area contributed by atoms with Gasteiger partial charge >= 0.3 is 0 Å². The summed E-state index contributed by atoms with van der Waals surface area (Å²) in [5.41, 5.74) is 8.57. The molecule has 1 aromatic carbocycles. The molecule has 0 radical (unpaired) electrons. The predicted molar refractivity (Wildman–Crippen MR) is 91.1 cm³/mol. The van der Waals surface area contributed by atoms with Crippen LogP contribution in [0.1, 0.15) is 30.0 Å². The van der Waals surface area contributed by atoms with E-state index in [0.29, 0.717) is 22.6 Å². The Morgan fingerprint density at radius 2 is 2.05 bits per heavy atom. The Labute approximate surface area is 139 Å². The summed E-state index contributed by atoms with van der Waals surface area (Å²) >= 11 is 13.9. The Bertz CT molecular complexity index is 596. The molecule has 1 saturated carbocycles. The zero-order chi connectivity index (χ0) is 14.8. The summed E-state index contributed by atoms with van der Waals surface area (Å²) in [5, 5.41) is 5.51. The highest BCUT2D eigenvalue weighted by Crippen LogP contribution is 2.37. The van der Waals surface area contributed by atoms with Crippen molar-refractivity contribution in [3.8, 4) is 0 Å². The van der Waals surface area contributed by atoms with Crippen molar-refractivity contribution in [1.82, 2.24) is 4.90 Å². The molecule has 1 aliphatic rings. The van der Waals surface area contributed by atoms with Crippen molar-refractivity contribution in [2.75, 3.05) is 6.54 Å². The Morgan fingerprint density at radius 3 is 2.62 bits per heavy atom. The largest absolute Gasteiger partial charge is 0.329 e. The first kappa shape index (κ1) is 15.3. The van der Waals surface area contributed by atoms with E-state index in [9.17, 15) is 0 Å². The summed E-state index contributed by atoms with van der Waals surface area (Å²) in [4.78, 5) is 2.50. The van der Waals surface area contributed by atoms with Gasteiger partial charge in [-0.25, -0.2) is 0 Å². The molecule has 1 aromatic heterocycles. The number of thiophene rings is 1. The van der Waals surface area contributed by atoms with E-state index >= 15 is 0 Å². The second kappa shape index (κ2) is 6.67. The Balaban J connectivity index is 1.86. The zero-order valence-corrected chi connectivity index (χ0v) is 14.0. The highest BCUT2D eigenvalue weighted by molar-refractivity contribution is 7.07. The molecule has 0 aliphatic heterocycles. The van der Waals surface area contributed by atoms with Crippen LogP contribution < -0.4 is 5.73 Å². The smallest absolute Gasteiger partial charge is 0.0595 e. The van der Waals surface area contributed by atoms with Gasteiger partial charge in [0.1, 0.15) is 0 Å². The minimum Gasteiger partial charge on any atom is -0.329 e. The fourth-order valence-electron chi connectivity index (χ4n) is 2.68. The van der Waals surface area contributed by atoms with Gasteiger partial charge in [-0.15, -0.1) is 0 Å². The lowest BCUT2D eigenvalue weighted by Gasteiger charge is -2.31. The van der Waals surface area contributed by atoms with Crippen molar-refractivity contribution >= 4 is 34.5 Å². The molecule has 1 atom stereocenters. The molecule has 0 bridgehead atoms. The minimum atomic E-state index is 0.187. The van der Waals surface area contributed by atoms with Crippen molar-refractivity contribution in [3.63, 3.8) is 0 Å². The summed E-state index contributed by atoms with van der Waals surface area (Å²) < 4.78 is 0. The second-order valence-electron chi connectivity index (χ2n) is 5.46. The van der Waals surface area contributed by atoms with Gasteiger partial charge in [-0.05, 0) is 52.9 Å². The van der Waals surface area contributed by atoms with Crippen molar-refractivity contribution < 1.29 is 0 Å². The number of nitrogens with two attached hydrogens (primary N) is 1. The topological polar surface area (TPSA) is 29.3 Å².